The monoisotopic (exact) mass is 355 g/mol. The van der Waals surface area contributed by atoms with E-state index < -0.39 is 24.0 Å². The molecule has 0 unspecified atom stereocenters. The lowest BCUT2D eigenvalue weighted by atomic mass is 10.1. The second-order valence-corrected chi connectivity index (χ2v) is 5.43. The van der Waals surface area contributed by atoms with Gasteiger partial charge in [0.2, 0.25) is 0 Å². The number of anilines is 2. The van der Waals surface area contributed by atoms with Gasteiger partial charge in [-0.25, -0.2) is 9.59 Å². The van der Waals surface area contributed by atoms with Crippen LogP contribution in [0.1, 0.15) is 24.2 Å². The van der Waals surface area contributed by atoms with Gasteiger partial charge in [-0.15, -0.1) is 0 Å². The fourth-order valence-corrected chi connectivity index (χ4v) is 2.14. The SMILES string of the molecule is CCNC(=O)NC(=O)[C@@H](C)OC(=O)c1ccccc1Nc1ccccc1. The van der Waals surface area contributed by atoms with Crippen LogP contribution in [0.5, 0.6) is 0 Å². The Morgan fingerprint density at radius 3 is 2.35 bits per heavy atom. The van der Waals surface area contributed by atoms with Gasteiger partial charge >= 0.3 is 12.0 Å². The second-order valence-electron chi connectivity index (χ2n) is 5.43. The molecule has 0 aliphatic carbocycles. The van der Waals surface area contributed by atoms with E-state index in [0.29, 0.717) is 12.2 Å². The molecule has 136 valence electrons. The minimum Gasteiger partial charge on any atom is -0.449 e. The molecule has 0 fully saturated rings. The summed E-state index contributed by atoms with van der Waals surface area (Å²) in [5.74, 6) is -1.36. The van der Waals surface area contributed by atoms with Crippen molar-refractivity contribution in [3.8, 4) is 0 Å². The van der Waals surface area contributed by atoms with Crippen LogP contribution >= 0.6 is 0 Å². The first-order valence-electron chi connectivity index (χ1n) is 8.22. The molecule has 0 spiro atoms. The summed E-state index contributed by atoms with van der Waals surface area (Å²) in [6.45, 7) is 3.51. The fourth-order valence-electron chi connectivity index (χ4n) is 2.14. The molecule has 0 radical (unpaired) electrons. The van der Waals surface area contributed by atoms with E-state index >= 15 is 0 Å². The van der Waals surface area contributed by atoms with Crippen molar-refractivity contribution in [1.82, 2.24) is 10.6 Å². The number of hydrogen-bond acceptors (Lipinski definition) is 5. The number of benzene rings is 2. The molecule has 1 atom stereocenters. The van der Waals surface area contributed by atoms with Crippen molar-refractivity contribution in [3.63, 3.8) is 0 Å². The lowest BCUT2D eigenvalue weighted by Crippen LogP contribution is -2.44. The molecule has 0 heterocycles. The largest absolute Gasteiger partial charge is 0.449 e. The van der Waals surface area contributed by atoms with E-state index in [-0.39, 0.29) is 5.56 Å². The van der Waals surface area contributed by atoms with Gasteiger partial charge in [-0.05, 0) is 38.1 Å². The summed E-state index contributed by atoms with van der Waals surface area (Å²) in [6, 6.07) is 15.6. The van der Waals surface area contributed by atoms with Crippen LogP contribution in [-0.4, -0.2) is 30.6 Å². The third-order valence-electron chi connectivity index (χ3n) is 3.43. The molecule has 0 bridgehead atoms. The maximum absolute atomic E-state index is 12.4. The molecule has 26 heavy (non-hydrogen) atoms. The molecule has 7 heteroatoms. The third-order valence-corrected chi connectivity index (χ3v) is 3.43. The normalized spacial score (nSPS) is 11.2. The highest BCUT2D eigenvalue weighted by Gasteiger charge is 2.22. The van der Waals surface area contributed by atoms with Crippen molar-refractivity contribution in [3.05, 3.63) is 60.2 Å². The number of hydrogen-bond donors (Lipinski definition) is 3. The number of para-hydroxylation sites is 2. The fraction of sp³-hybridized carbons (Fsp3) is 0.211. The quantitative estimate of drug-likeness (QED) is 0.693. The highest BCUT2D eigenvalue weighted by atomic mass is 16.5. The van der Waals surface area contributed by atoms with Crippen molar-refractivity contribution in [1.29, 1.82) is 0 Å². The van der Waals surface area contributed by atoms with Crippen LogP contribution in [0.15, 0.2) is 54.6 Å². The molecule has 3 N–H and O–H groups in total. The van der Waals surface area contributed by atoms with Gasteiger partial charge in [-0.2, -0.15) is 0 Å². The predicted octanol–water partition coefficient (Wildman–Crippen LogP) is 2.82. The number of ether oxygens (including phenoxy) is 1. The van der Waals surface area contributed by atoms with Crippen LogP contribution in [0.4, 0.5) is 16.2 Å². The van der Waals surface area contributed by atoms with Crippen molar-refractivity contribution in [2.75, 3.05) is 11.9 Å². The highest BCUT2D eigenvalue weighted by Crippen LogP contribution is 2.21. The van der Waals surface area contributed by atoms with Gasteiger partial charge in [0.15, 0.2) is 6.10 Å². The number of rotatable bonds is 6. The molecule has 2 aromatic rings. The lowest BCUT2D eigenvalue weighted by molar-refractivity contribution is -0.127. The van der Waals surface area contributed by atoms with Gasteiger partial charge in [-0.3, -0.25) is 10.1 Å². The predicted molar refractivity (Wildman–Crippen MR) is 98.3 cm³/mol. The topological polar surface area (TPSA) is 96.5 Å². The van der Waals surface area contributed by atoms with E-state index in [9.17, 15) is 14.4 Å². The standard InChI is InChI=1S/C19H21N3O4/c1-3-20-19(25)22-17(23)13(2)26-18(24)15-11-7-8-12-16(15)21-14-9-5-4-6-10-14/h4-13,21H,3H2,1-2H3,(H2,20,22,23,25)/t13-/m1/s1. The number of urea groups is 1. The molecule has 0 aromatic heterocycles. The molecule has 2 aromatic carbocycles. The van der Waals surface area contributed by atoms with Gasteiger partial charge in [-0.1, -0.05) is 30.3 Å². The molecular formula is C19H21N3O4. The summed E-state index contributed by atoms with van der Waals surface area (Å²) >= 11 is 0. The Bertz CT molecular complexity index is 777. The van der Waals surface area contributed by atoms with Crippen molar-refractivity contribution >= 4 is 29.3 Å². The average Bonchev–Trinajstić information content (AvgIpc) is 2.63. The first kappa shape index (κ1) is 19.0. The van der Waals surface area contributed by atoms with E-state index in [1.165, 1.54) is 6.92 Å². The van der Waals surface area contributed by atoms with E-state index in [1.807, 2.05) is 30.3 Å². The van der Waals surface area contributed by atoms with Gasteiger partial charge in [0.05, 0.1) is 11.3 Å². The molecule has 0 saturated carbocycles. The van der Waals surface area contributed by atoms with Crippen LogP contribution in [0.3, 0.4) is 0 Å². The molecule has 0 saturated heterocycles. The highest BCUT2D eigenvalue weighted by molar-refractivity contribution is 6.00. The number of esters is 1. The summed E-state index contributed by atoms with van der Waals surface area (Å²) in [7, 11) is 0. The molecule has 0 aliphatic rings. The summed E-state index contributed by atoms with van der Waals surface area (Å²) in [5.41, 5.74) is 1.66. The molecule has 3 amide bonds. The molecular weight excluding hydrogens is 334 g/mol. The third kappa shape index (κ3) is 5.34. The zero-order valence-corrected chi connectivity index (χ0v) is 14.6. The minimum atomic E-state index is -1.12. The molecule has 0 aliphatic heterocycles. The lowest BCUT2D eigenvalue weighted by Gasteiger charge is -2.15. The Labute approximate surface area is 151 Å². The van der Waals surface area contributed by atoms with Crippen LogP contribution in [0.2, 0.25) is 0 Å². The Morgan fingerprint density at radius 1 is 1.00 bits per heavy atom. The van der Waals surface area contributed by atoms with Crippen molar-refractivity contribution < 1.29 is 19.1 Å². The Morgan fingerprint density at radius 2 is 1.65 bits per heavy atom. The average molecular weight is 355 g/mol. The van der Waals surface area contributed by atoms with Crippen LogP contribution in [0.25, 0.3) is 0 Å². The van der Waals surface area contributed by atoms with Gasteiger partial charge in [0.25, 0.3) is 5.91 Å². The van der Waals surface area contributed by atoms with Crippen LogP contribution < -0.4 is 16.0 Å². The molecule has 2 rings (SSSR count). The summed E-state index contributed by atoms with van der Waals surface area (Å²) in [5, 5.41) is 7.68. The number of nitrogens with one attached hydrogen (secondary N) is 3. The first-order chi connectivity index (χ1) is 12.5. The van der Waals surface area contributed by atoms with E-state index in [0.717, 1.165) is 5.69 Å². The van der Waals surface area contributed by atoms with E-state index in [2.05, 4.69) is 16.0 Å². The minimum absolute atomic E-state index is 0.286. The van der Waals surface area contributed by atoms with E-state index in [4.69, 9.17) is 4.74 Å². The van der Waals surface area contributed by atoms with Crippen LogP contribution in [-0.2, 0) is 9.53 Å². The van der Waals surface area contributed by atoms with Crippen LogP contribution in [0, 0.1) is 0 Å². The Balaban J connectivity index is 2.05. The maximum Gasteiger partial charge on any atom is 0.341 e. The summed E-state index contributed by atoms with van der Waals surface area (Å²) in [4.78, 5) is 35.7. The van der Waals surface area contributed by atoms with Crippen molar-refractivity contribution in [2.45, 2.75) is 20.0 Å². The van der Waals surface area contributed by atoms with Gasteiger partial charge in [0.1, 0.15) is 0 Å². The number of carbonyl (C=O) groups excluding carboxylic acids is 3. The van der Waals surface area contributed by atoms with Crippen molar-refractivity contribution in [2.24, 2.45) is 0 Å². The first-order valence-corrected chi connectivity index (χ1v) is 8.22. The number of amides is 3. The van der Waals surface area contributed by atoms with Gasteiger partial charge < -0.3 is 15.4 Å². The van der Waals surface area contributed by atoms with E-state index in [1.54, 1.807) is 31.2 Å². The smallest absolute Gasteiger partial charge is 0.341 e. The Hall–Kier alpha value is -3.35. The number of carbonyl (C=O) groups is 3. The van der Waals surface area contributed by atoms with Gasteiger partial charge in [0, 0.05) is 12.2 Å². The zero-order valence-electron chi connectivity index (χ0n) is 14.6. The second kappa shape index (κ2) is 9.22. The number of imide groups is 1. The maximum atomic E-state index is 12.4. The zero-order chi connectivity index (χ0) is 18.9. The Kier molecular flexibility index (Phi) is 6.73. The molecule has 7 nitrogen and oxygen atoms in total. The summed E-state index contributed by atoms with van der Waals surface area (Å²) in [6.07, 6.45) is -1.12. The summed E-state index contributed by atoms with van der Waals surface area (Å²) < 4.78 is 5.18.